The summed E-state index contributed by atoms with van der Waals surface area (Å²) in [6.45, 7) is 0.0987. The molecular formula is C13H12BrNO3S. The van der Waals surface area contributed by atoms with Crippen molar-refractivity contribution in [2.45, 2.75) is 6.10 Å². The molecule has 1 unspecified atom stereocenters. The summed E-state index contributed by atoms with van der Waals surface area (Å²) in [5.41, 5.74) is 0.940. The molecular weight excluding hydrogens is 330 g/mol. The van der Waals surface area contributed by atoms with E-state index in [4.69, 9.17) is 0 Å². The number of aliphatic hydroxyl groups excluding tert-OH is 1. The average Bonchev–Trinajstić information content (AvgIpc) is 2.92. The second-order valence-corrected chi connectivity index (χ2v) is 5.64. The van der Waals surface area contributed by atoms with E-state index in [0.717, 1.165) is 5.56 Å². The Morgan fingerprint density at radius 3 is 2.89 bits per heavy atom. The highest BCUT2D eigenvalue weighted by atomic mass is 79.9. The fourth-order valence-electron chi connectivity index (χ4n) is 1.56. The van der Waals surface area contributed by atoms with E-state index in [2.05, 4.69) is 21.2 Å². The van der Waals surface area contributed by atoms with Gasteiger partial charge in [0, 0.05) is 11.0 Å². The van der Waals surface area contributed by atoms with Gasteiger partial charge in [-0.2, -0.15) is 11.3 Å². The molecule has 3 N–H and O–H groups in total. The molecule has 2 rings (SSSR count). The number of phenols is 1. The summed E-state index contributed by atoms with van der Waals surface area (Å²) in [6.07, 6.45) is -0.746. The number of hydrogen-bond donors (Lipinski definition) is 3. The fraction of sp³-hybridized carbons (Fsp3) is 0.154. The number of rotatable bonds is 4. The molecule has 0 radical (unpaired) electrons. The molecule has 1 aromatic carbocycles. The van der Waals surface area contributed by atoms with Crippen molar-refractivity contribution in [1.29, 1.82) is 0 Å². The van der Waals surface area contributed by atoms with Crippen molar-refractivity contribution in [2.24, 2.45) is 0 Å². The zero-order valence-corrected chi connectivity index (χ0v) is 12.2. The van der Waals surface area contributed by atoms with Gasteiger partial charge in [0.05, 0.1) is 11.7 Å². The summed E-state index contributed by atoms with van der Waals surface area (Å²) in [6, 6.07) is 6.42. The van der Waals surface area contributed by atoms with E-state index in [1.54, 1.807) is 12.1 Å². The normalized spacial score (nSPS) is 12.1. The second kappa shape index (κ2) is 6.18. The first-order valence-electron chi connectivity index (χ1n) is 5.55. The van der Waals surface area contributed by atoms with Crippen molar-refractivity contribution in [3.63, 3.8) is 0 Å². The van der Waals surface area contributed by atoms with Gasteiger partial charge >= 0.3 is 0 Å². The highest BCUT2D eigenvalue weighted by Crippen LogP contribution is 2.22. The molecule has 1 aromatic heterocycles. The Morgan fingerprint density at radius 2 is 2.21 bits per heavy atom. The lowest BCUT2D eigenvalue weighted by atomic mass is 10.1. The van der Waals surface area contributed by atoms with Crippen molar-refractivity contribution in [3.05, 3.63) is 50.6 Å². The first-order valence-corrected chi connectivity index (χ1v) is 7.28. The third-order valence-electron chi connectivity index (χ3n) is 2.59. The van der Waals surface area contributed by atoms with Gasteiger partial charge in [-0.3, -0.25) is 4.79 Å². The van der Waals surface area contributed by atoms with Crippen LogP contribution in [0.2, 0.25) is 0 Å². The van der Waals surface area contributed by atoms with Crippen LogP contribution in [0.5, 0.6) is 5.75 Å². The molecule has 4 nitrogen and oxygen atoms in total. The number of nitrogens with one attached hydrogen (secondary N) is 1. The number of carbonyl (C=O) groups is 1. The van der Waals surface area contributed by atoms with Gasteiger partial charge < -0.3 is 15.5 Å². The molecule has 0 bridgehead atoms. The first-order chi connectivity index (χ1) is 9.08. The molecule has 0 aliphatic rings. The molecule has 0 aliphatic heterocycles. The molecule has 1 heterocycles. The van der Waals surface area contributed by atoms with Crippen LogP contribution in [0.4, 0.5) is 0 Å². The number of halogens is 1. The van der Waals surface area contributed by atoms with Gasteiger partial charge in [0.25, 0.3) is 5.91 Å². The van der Waals surface area contributed by atoms with Crippen LogP contribution in [0, 0.1) is 0 Å². The molecule has 0 aliphatic carbocycles. The second-order valence-electron chi connectivity index (χ2n) is 3.94. The predicted octanol–water partition coefficient (Wildman–Crippen LogP) is 2.68. The SMILES string of the molecule is O=C(NCC(O)c1ccsc1)c1cc(Br)ccc1O. The number of aromatic hydroxyl groups is 1. The largest absolute Gasteiger partial charge is 0.507 e. The Morgan fingerprint density at radius 1 is 1.42 bits per heavy atom. The van der Waals surface area contributed by atoms with E-state index in [-0.39, 0.29) is 17.9 Å². The van der Waals surface area contributed by atoms with Crippen molar-refractivity contribution < 1.29 is 15.0 Å². The van der Waals surface area contributed by atoms with E-state index in [1.807, 2.05) is 10.8 Å². The van der Waals surface area contributed by atoms with Crippen LogP contribution in [0.25, 0.3) is 0 Å². The molecule has 0 saturated heterocycles. The monoisotopic (exact) mass is 341 g/mol. The molecule has 19 heavy (non-hydrogen) atoms. The van der Waals surface area contributed by atoms with E-state index >= 15 is 0 Å². The molecule has 100 valence electrons. The van der Waals surface area contributed by atoms with Crippen LogP contribution >= 0.6 is 27.3 Å². The number of phenolic OH excluding ortho intramolecular Hbond substituents is 1. The van der Waals surface area contributed by atoms with Gasteiger partial charge in [0.1, 0.15) is 5.75 Å². The zero-order chi connectivity index (χ0) is 13.8. The summed E-state index contributed by atoms with van der Waals surface area (Å²) < 4.78 is 0.703. The number of aliphatic hydroxyl groups is 1. The number of thiophene rings is 1. The molecule has 0 fully saturated rings. The quantitative estimate of drug-likeness (QED) is 0.800. The van der Waals surface area contributed by atoms with Gasteiger partial charge in [-0.15, -0.1) is 0 Å². The summed E-state index contributed by atoms with van der Waals surface area (Å²) in [7, 11) is 0. The molecule has 1 atom stereocenters. The Labute approximate surface area is 122 Å². The van der Waals surface area contributed by atoms with Crippen LogP contribution in [0.1, 0.15) is 22.0 Å². The minimum absolute atomic E-state index is 0.0919. The predicted molar refractivity (Wildman–Crippen MR) is 77.4 cm³/mol. The number of hydrogen-bond acceptors (Lipinski definition) is 4. The summed E-state index contributed by atoms with van der Waals surface area (Å²) in [4.78, 5) is 11.9. The van der Waals surface area contributed by atoms with Gasteiger partial charge in [0.15, 0.2) is 0 Å². The Balaban J connectivity index is 2.00. The Bertz CT molecular complexity index is 571. The minimum Gasteiger partial charge on any atom is -0.507 e. The van der Waals surface area contributed by atoms with Crippen LogP contribution in [0.3, 0.4) is 0 Å². The van der Waals surface area contributed by atoms with E-state index in [9.17, 15) is 15.0 Å². The van der Waals surface area contributed by atoms with E-state index < -0.39 is 12.0 Å². The zero-order valence-electron chi connectivity index (χ0n) is 9.84. The smallest absolute Gasteiger partial charge is 0.255 e. The van der Waals surface area contributed by atoms with Crippen molar-refractivity contribution in [2.75, 3.05) is 6.54 Å². The molecule has 0 spiro atoms. The maximum Gasteiger partial charge on any atom is 0.255 e. The molecule has 2 aromatic rings. The lowest BCUT2D eigenvalue weighted by molar-refractivity contribution is 0.0914. The molecule has 6 heteroatoms. The van der Waals surface area contributed by atoms with E-state index in [1.165, 1.54) is 23.5 Å². The van der Waals surface area contributed by atoms with Gasteiger partial charge in [0.2, 0.25) is 0 Å². The van der Waals surface area contributed by atoms with Gasteiger partial charge in [-0.25, -0.2) is 0 Å². The minimum atomic E-state index is -0.746. The Hall–Kier alpha value is -1.37. The highest BCUT2D eigenvalue weighted by molar-refractivity contribution is 9.10. The standard InChI is InChI=1S/C13H12BrNO3S/c14-9-1-2-11(16)10(5-9)13(18)15-6-12(17)8-3-4-19-7-8/h1-5,7,12,16-17H,6H2,(H,15,18). The third kappa shape index (κ3) is 3.56. The molecule has 0 saturated carbocycles. The van der Waals surface area contributed by atoms with E-state index in [0.29, 0.717) is 4.47 Å². The lowest BCUT2D eigenvalue weighted by Crippen LogP contribution is -2.28. The fourth-order valence-corrected chi connectivity index (χ4v) is 2.63. The van der Waals surface area contributed by atoms with Crippen LogP contribution < -0.4 is 5.32 Å². The van der Waals surface area contributed by atoms with Crippen LogP contribution in [0.15, 0.2) is 39.5 Å². The average molecular weight is 342 g/mol. The van der Waals surface area contributed by atoms with Crippen LogP contribution in [-0.4, -0.2) is 22.7 Å². The molecule has 1 amide bonds. The van der Waals surface area contributed by atoms with Crippen molar-refractivity contribution in [3.8, 4) is 5.75 Å². The summed E-state index contributed by atoms with van der Waals surface area (Å²) >= 11 is 4.72. The van der Waals surface area contributed by atoms with Crippen molar-refractivity contribution in [1.82, 2.24) is 5.32 Å². The summed E-state index contributed by atoms with van der Waals surface area (Å²) in [5, 5.41) is 25.7. The summed E-state index contributed by atoms with van der Waals surface area (Å²) in [5.74, 6) is -0.515. The van der Waals surface area contributed by atoms with Gasteiger partial charge in [-0.1, -0.05) is 15.9 Å². The van der Waals surface area contributed by atoms with Crippen molar-refractivity contribution >= 4 is 33.2 Å². The number of benzene rings is 1. The lowest BCUT2D eigenvalue weighted by Gasteiger charge is -2.11. The maximum atomic E-state index is 11.9. The first kappa shape index (κ1) is 14.0. The maximum absolute atomic E-state index is 11.9. The Kier molecular flexibility index (Phi) is 4.57. The highest BCUT2D eigenvalue weighted by Gasteiger charge is 2.14. The number of carbonyl (C=O) groups excluding carboxylic acids is 1. The van der Waals surface area contributed by atoms with Crippen LogP contribution in [-0.2, 0) is 0 Å². The number of amides is 1. The third-order valence-corrected chi connectivity index (χ3v) is 3.78. The van der Waals surface area contributed by atoms with Gasteiger partial charge in [-0.05, 0) is 40.6 Å². The topological polar surface area (TPSA) is 69.6 Å².